The highest BCUT2D eigenvalue weighted by Gasteiger charge is 2.25. The van der Waals surface area contributed by atoms with E-state index in [0.717, 1.165) is 49.2 Å². The fourth-order valence-electron chi connectivity index (χ4n) is 3.46. The molecule has 1 aliphatic rings. The summed E-state index contributed by atoms with van der Waals surface area (Å²) in [5, 5.41) is 9.33. The van der Waals surface area contributed by atoms with Gasteiger partial charge >= 0.3 is 5.97 Å². The summed E-state index contributed by atoms with van der Waals surface area (Å²) in [7, 11) is 1.73. The molecule has 1 fully saturated rings. The molecule has 1 atom stereocenters. The van der Waals surface area contributed by atoms with Crippen molar-refractivity contribution in [1.29, 1.82) is 0 Å². The van der Waals surface area contributed by atoms with Gasteiger partial charge < -0.3 is 9.84 Å². The van der Waals surface area contributed by atoms with Gasteiger partial charge in [-0.05, 0) is 48.2 Å². The van der Waals surface area contributed by atoms with Crippen molar-refractivity contribution in [1.82, 2.24) is 4.90 Å². The lowest BCUT2D eigenvalue weighted by Gasteiger charge is -2.25. The molecule has 2 aromatic carbocycles. The third-order valence-corrected chi connectivity index (χ3v) is 4.67. The number of hydrogen-bond donors (Lipinski definition) is 1. The number of carbonyl (C=O) groups is 1. The number of benzene rings is 2. The molecule has 0 radical (unpaired) electrons. The Hall–Kier alpha value is -2.17. The van der Waals surface area contributed by atoms with Crippen molar-refractivity contribution < 1.29 is 14.6 Å². The molecule has 1 N–H and O–H groups in total. The number of rotatable bonds is 6. The molecule has 4 nitrogen and oxygen atoms in total. The minimum Gasteiger partial charge on any atom is -0.478 e. The van der Waals surface area contributed by atoms with Crippen molar-refractivity contribution >= 4 is 5.97 Å². The fraction of sp³-hybridized carbons (Fsp3) is 0.350. The first-order valence-corrected chi connectivity index (χ1v) is 8.33. The van der Waals surface area contributed by atoms with E-state index < -0.39 is 5.97 Å². The highest BCUT2D eigenvalue weighted by molar-refractivity contribution is 5.89. The van der Waals surface area contributed by atoms with E-state index in [1.54, 1.807) is 13.2 Å². The van der Waals surface area contributed by atoms with Gasteiger partial charge in [-0.15, -0.1) is 0 Å². The van der Waals surface area contributed by atoms with Crippen LogP contribution in [-0.2, 0) is 11.3 Å². The number of likely N-dealkylation sites (tertiary alicyclic amines) is 1. The summed E-state index contributed by atoms with van der Waals surface area (Å²) in [6, 6.07) is 16.0. The van der Waals surface area contributed by atoms with Gasteiger partial charge in [0.05, 0.1) is 12.2 Å². The third kappa shape index (κ3) is 3.66. The summed E-state index contributed by atoms with van der Waals surface area (Å²) in [6.07, 6.45) is 2.29. The van der Waals surface area contributed by atoms with Crippen LogP contribution >= 0.6 is 0 Å². The molecule has 24 heavy (non-hydrogen) atoms. The minimum atomic E-state index is -0.884. The van der Waals surface area contributed by atoms with Crippen LogP contribution in [0.15, 0.2) is 48.5 Å². The lowest BCUT2D eigenvalue weighted by Crippen LogP contribution is -2.32. The van der Waals surface area contributed by atoms with E-state index in [2.05, 4.69) is 17.0 Å². The summed E-state index contributed by atoms with van der Waals surface area (Å²) in [5.74, 6) is -0.884. The summed E-state index contributed by atoms with van der Waals surface area (Å²) >= 11 is 0. The molecule has 1 saturated heterocycles. The number of hydrogen-bond acceptors (Lipinski definition) is 3. The Morgan fingerprint density at radius 1 is 1.25 bits per heavy atom. The van der Waals surface area contributed by atoms with Crippen LogP contribution in [0.2, 0.25) is 0 Å². The summed E-state index contributed by atoms with van der Waals surface area (Å²) < 4.78 is 5.33. The zero-order valence-electron chi connectivity index (χ0n) is 13.9. The van der Waals surface area contributed by atoms with Crippen LogP contribution in [0.5, 0.6) is 0 Å². The summed E-state index contributed by atoms with van der Waals surface area (Å²) in [5.41, 5.74) is 3.62. The van der Waals surface area contributed by atoms with Crippen molar-refractivity contribution in [3.8, 4) is 11.1 Å². The maximum absolute atomic E-state index is 11.4. The van der Waals surface area contributed by atoms with Gasteiger partial charge in [-0.2, -0.15) is 0 Å². The molecule has 3 rings (SSSR count). The topological polar surface area (TPSA) is 49.8 Å². The lowest BCUT2D eigenvalue weighted by molar-refractivity contribution is 0.0696. The summed E-state index contributed by atoms with van der Waals surface area (Å²) in [4.78, 5) is 13.8. The molecule has 2 aromatic rings. The second kappa shape index (κ2) is 7.60. The molecule has 0 unspecified atom stereocenters. The van der Waals surface area contributed by atoms with Gasteiger partial charge in [0.1, 0.15) is 0 Å². The maximum atomic E-state index is 11.4. The largest absolute Gasteiger partial charge is 0.478 e. The number of nitrogens with zero attached hydrogens (tertiary/aromatic N) is 1. The van der Waals surface area contributed by atoms with Crippen LogP contribution < -0.4 is 0 Å². The molecule has 0 aromatic heterocycles. The van der Waals surface area contributed by atoms with Crippen LogP contribution in [0.1, 0.15) is 28.8 Å². The average molecular weight is 325 g/mol. The summed E-state index contributed by atoms with van der Waals surface area (Å²) in [6.45, 7) is 2.50. The Bertz CT molecular complexity index is 699. The highest BCUT2D eigenvalue weighted by Crippen LogP contribution is 2.28. The Kier molecular flexibility index (Phi) is 5.28. The van der Waals surface area contributed by atoms with Crippen molar-refractivity contribution in [2.75, 3.05) is 20.3 Å². The predicted molar refractivity (Wildman–Crippen MR) is 94.1 cm³/mol. The molecule has 0 bridgehead atoms. The molecule has 1 heterocycles. The van der Waals surface area contributed by atoms with Crippen molar-refractivity contribution in [3.05, 3.63) is 59.7 Å². The van der Waals surface area contributed by atoms with Crippen LogP contribution in [0.3, 0.4) is 0 Å². The van der Waals surface area contributed by atoms with Gasteiger partial charge in [-0.1, -0.05) is 36.4 Å². The van der Waals surface area contributed by atoms with Crippen molar-refractivity contribution in [2.24, 2.45) is 0 Å². The molecule has 126 valence electrons. The molecule has 0 spiro atoms. The van der Waals surface area contributed by atoms with E-state index in [0.29, 0.717) is 11.6 Å². The third-order valence-electron chi connectivity index (χ3n) is 4.67. The quantitative estimate of drug-likeness (QED) is 0.880. The highest BCUT2D eigenvalue weighted by atomic mass is 16.5. The molecular weight excluding hydrogens is 302 g/mol. The van der Waals surface area contributed by atoms with Crippen LogP contribution in [-0.4, -0.2) is 42.3 Å². The van der Waals surface area contributed by atoms with Crippen molar-refractivity contribution in [3.63, 3.8) is 0 Å². The monoisotopic (exact) mass is 325 g/mol. The molecule has 1 aliphatic heterocycles. The Labute approximate surface area is 142 Å². The van der Waals surface area contributed by atoms with Gasteiger partial charge in [-0.25, -0.2) is 4.79 Å². The van der Waals surface area contributed by atoms with Crippen LogP contribution in [0.4, 0.5) is 0 Å². The van der Waals surface area contributed by atoms with E-state index in [-0.39, 0.29) is 0 Å². The van der Waals surface area contributed by atoms with E-state index >= 15 is 0 Å². The first-order valence-electron chi connectivity index (χ1n) is 8.33. The number of ether oxygens (including phenoxy) is 1. The average Bonchev–Trinajstić information content (AvgIpc) is 3.03. The van der Waals surface area contributed by atoms with Gasteiger partial charge in [-0.3, -0.25) is 4.90 Å². The zero-order chi connectivity index (χ0) is 16.9. The minimum absolute atomic E-state index is 0.340. The van der Waals surface area contributed by atoms with Gasteiger partial charge in [0, 0.05) is 19.7 Å². The van der Waals surface area contributed by atoms with Gasteiger partial charge in [0.2, 0.25) is 0 Å². The van der Waals surface area contributed by atoms with E-state index in [4.69, 9.17) is 4.74 Å². The Balaban J connectivity index is 1.94. The van der Waals surface area contributed by atoms with E-state index in [1.165, 1.54) is 0 Å². The second-order valence-electron chi connectivity index (χ2n) is 6.26. The molecule has 0 aliphatic carbocycles. The number of carboxylic acids is 1. The molecule has 0 saturated carbocycles. The number of carboxylic acid groups (broad SMARTS) is 1. The maximum Gasteiger partial charge on any atom is 0.335 e. The van der Waals surface area contributed by atoms with Crippen LogP contribution in [0, 0.1) is 0 Å². The van der Waals surface area contributed by atoms with Crippen LogP contribution in [0.25, 0.3) is 11.1 Å². The smallest absolute Gasteiger partial charge is 0.335 e. The van der Waals surface area contributed by atoms with E-state index in [1.807, 2.05) is 30.3 Å². The molecule has 4 heteroatoms. The van der Waals surface area contributed by atoms with E-state index in [9.17, 15) is 9.90 Å². The predicted octanol–water partition coefficient (Wildman–Crippen LogP) is 3.66. The SMILES string of the molecule is COC[C@@H]1CCCN1Cc1cc(C(=O)O)ccc1-c1ccccc1. The Morgan fingerprint density at radius 3 is 2.75 bits per heavy atom. The van der Waals surface area contributed by atoms with Gasteiger partial charge in [0.25, 0.3) is 0 Å². The second-order valence-corrected chi connectivity index (χ2v) is 6.26. The van der Waals surface area contributed by atoms with Gasteiger partial charge in [0.15, 0.2) is 0 Å². The number of methoxy groups -OCH3 is 1. The normalized spacial score (nSPS) is 18.0. The lowest BCUT2D eigenvalue weighted by atomic mass is 9.97. The fourth-order valence-corrected chi connectivity index (χ4v) is 3.46. The number of aromatic carboxylic acids is 1. The molecule has 0 amide bonds. The first kappa shape index (κ1) is 16.7. The van der Waals surface area contributed by atoms with Crippen molar-refractivity contribution in [2.45, 2.75) is 25.4 Å². The molecular formula is C20H23NO3. The standard InChI is InChI=1S/C20H23NO3/c1-24-14-18-8-5-11-21(18)13-17-12-16(20(22)23)9-10-19(17)15-6-3-2-4-7-15/h2-4,6-7,9-10,12,18H,5,8,11,13-14H2,1H3,(H,22,23)/t18-/m0/s1. The zero-order valence-corrected chi connectivity index (χ0v) is 13.9. The first-order chi connectivity index (χ1) is 11.7. The Morgan fingerprint density at radius 2 is 2.04 bits per heavy atom.